The summed E-state index contributed by atoms with van der Waals surface area (Å²) < 4.78 is 19.3. The maximum Gasteiger partial charge on any atom is 0.305 e. The number of rotatable bonds is 19. The molecule has 7 heteroatoms. The van der Waals surface area contributed by atoms with Crippen molar-refractivity contribution in [2.45, 2.75) is 174 Å². The Morgan fingerprint density at radius 3 is 1.91 bits per heavy atom. The van der Waals surface area contributed by atoms with E-state index in [1.165, 1.54) is 0 Å². The lowest BCUT2D eigenvalue weighted by Gasteiger charge is -2.40. The average molecular weight is 637 g/mol. The van der Waals surface area contributed by atoms with Crippen molar-refractivity contribution >= 4 is 28.4 Å². The van der Waals surface area contributed by atoms with Gasteiger partial charge in [0.05, 0.1) is 18.8 Å². The van der Waals surface area contributed by atoms with E-state index in [2.05, 4.69) is 92.9 Å². The van der Waals surface area contributed by atoms with Gasteiger partial charge in [-0.25, -0.2) is 0 Å². The maximum atomic E-state index is 12.9. The van der Waals surface area contributed by atoms with E-state index in [0.717, 1.165) is 57.8 Å². The van der Waals surface area contributed by atoms with Crippen LogP contribution in [-0.4, -0.2) is 47.2 Å². The summed E-state index contributed by atoms with van der Waals surface area (Å²) in [6.45, 7) is 27.7. The molecule has 1 fully saturated rings. The highest BCUT2D eigenvalue weighted by Gasteiger charge is 2.50. The molecule has 4 atom stereocenters. The highest BCUT2D eigenvalue weighted by molar-refractivity contribution is 6.74. The molecule has 43 heavy (non-hydrogen) atoms. The topological polar surface area (TPSA) is 61.8 Å². The fourth-order valence-corrected chi connectivity index (χ4v) is 7.94. The summed E-state index contributed by atoms with van der Waals surface area (Å²) in [5.41, 5.74) is 0. The van der Waals surface area contributed by atoms with E-state index in [-0.39, 0.29) is 45.9 Å². The van der Waals surface area contributed by atoms with E-state index < -0.39 is 16.6 Å². The molecule has 0 unspecified atom stereocenters. The third kappa shape index (κ3) is 13.9. The minimum Gasteiger partial charge on any atom is -0.466 e. The van der Waals surface area contributed by atoms with Gasteiger partial charge in [0, 0.05) is 18.8 Å². The zero-order valence-electron chi connectivity index (χ0n) is 30.1. The van der Waals surface area contributed by atoms with E-state index in [1.807, 2.05) is 13.0 Å². The number of ketones is 1. The number of hydrogen-bond acceptors (Lipinski definition) is 5. The fourth-order valence-electron chi connectivity index (χ4n) is 5.20. The van der Waals surface area contributed by atoms with Crippen molar-refractivity contribution in [3.63, 3.8) is 0 Å². The van der Waals surface area contributed by atoms with Gasteiger partial charge in [0.25, 0.3) is 0 Å². The van der Waals surface area contributed by atoms with Crippen molar-refractivity contribution in [2.24, 2.45) is 11.8 Å². The van der Waals surface area contributed by atoms with Crippen LogP contribution >= 0.6 is 0 Å². The molecule has 0 bridgehead atoms. The molecule has 0 amide bonds. The molecule has 0 aromatic carbocycles. The van der Waals surface area contributed by atoms with Crippen LogP contribution in [0.15, 0.2) is 24.3 Å². The largest absolute Gasteiger partial charge is 0.466 e. The van der Waals surface area contributed by atoms with Crippen LogP contribution in [0.3, 0.4) is 0 Å². The minimum absolute atomic E-state index is 0.0524. The molecule has 0 heterocycles. The highest BCUT2D eigenvalue weighted by atomic mass is 28.4. The molecule has 1 aliphatic rings. The van der Waals surface area contributed by atoms with Gasteiger partial charge in [-0.2, -0.15) is 0 Å². The highest BCUT2D eigenvalue weighted by Crippen LogP contribution is 2.47. The molecule has 0 aromatic heterocycles. The van der Waals surface area contributed by atoms with Crippen LogP contribution in [0.1, 0.15) is 126 Å². The second kappa shape index (κ2) is 18.2. The van der Waals surface area contributed by atoms with Crippen molar-refractivity contribution in [1.29, 1.82) is 0 Å². The summed E-state index contributed by atoms with van der Waals surface area (Å²) in [5, 5.41) is 0.230. The van der Waals surface area contributed by atoms with Crippen LogP contribution in [0.2, 0.25) is 36.3 Å². The molecule has 0 aliphatic heterocycles. The Morgan fingerprint density at radius 1 is 0.767 bits per heavy atom. The Morgan fingerprint density at radius 2 is 1.35 bits per heavy atom. The third-order valence-corrected chi connectivity index (χ3v) is 19.0. The monoisotopic (exact) mass is 636 g/mol. The van der Waals surface area contributed by atoms with Crippen molar-refractivity contribution in [3.05, 3.63) is 24.3 Å². The van der Waals surface area contributed by atoms with Gasteiger partial charge in [0.2, 0.25) is 0 Å². The molecular formula is C36H68O5Si2. The average Bonchev–Trinajstić information content (AvgIpc) is 3.17. The number of carbonyl (C=O) groups excluding carboxylic acids is 2. The molecule has 0 saturated heterocycles. The van der Waals surface area contributed by atoms with E-state index >= 15 is 0 Å². The summed E-state index contributed by atoms with van der Waals surface area (Å²) in [7, 11) is -4.05. The smallest absolute Gasteiger partial charge is 0.305 e. The minimum atomic E-state index is -2.03. The summed E-state index contributed by atoms with van der Waals surface area (Å²) >= 11 is 0. The van der Waals surface area contributed by atoms with Gasteiger partial charge in [-0.3, -0.25) is 9.59 Å². The number of unbranched alkanes of at least 4 members (excludes halogenated alkanes) is 5. The van der Waals surface area contributed by atoms with Gasteiger partial charge in [0.1, 0.15) is 0 Å². The van der Waals surface area contributed by atoms with E-state index in [9.17, 15) is 9.59 Å². The summed E-state index contributed by atoms with van der Waals surface area (Å²) in [6.07, 6.45) is 18.9. The maximum absolute atomic E-state index is 12.9. The van der Waals surface area contributed by atoms with Crippen molar-refractivity contribution < 1.29 is 23.2 Å². The molecule has 0 radical (unpaired) electrons. The Kier molecular flexibility index (Phi) is 16.9. The van der Waals surface area contributed by atoms with Gasteiger partial charge < -0.3 is 13.6 Å². The second-order valence-corrected chi connectivity index (χ2v) is 25.2. The molecule has 0 N–H and O–H groups in total. The van der Waals surface area contributed by atoms with Crippen LogP contribution in [0.4, 0.5) is 0 Å². The number of allylic oxidation sites excluding steroid dienone is 3. The Hall–Kier alpha value is -1.03. The molecule has 0 spiro atoms. The normalized spacial score (nSPS) is 22.1. The predicted octanol–water partition coefficient (Wildman–Crippen LogP) is 10.6. The van der Waals surface area contributed by atoms with Crippen LogP contribution in [-0.2, 0) is 23.2 Å². The lowest BCUT2D eigenvalue weighted by Crippen LogP contribution is -2.45. The lowest BCUT2D eigenvalue weighted by atomic mass is 9.89. The van der Waals surface area contributed by atoms with E-state index in [0.29, 0.717) is 19.4 Å². The summed E-state index contributed by atoms with van der Waals surface area (Å²) in [6, 6.07) is 0. The van der Waals surface area contributed by atoms with Crippen molar-refractivity contribution in [3.8, 4) is 0 Å². The zero-order chi connectivity index (χ0) is 32.9. The SMILES string of the molecule is CCCCCC(=O)/C=C/[C@@H]1[C@H](C/C=C\CCCCCC(=O)OCC)[C@@H](O[Si](C)(C)C(C)(C)C)C[C@H]1O[Si](C)(C)C(C)(C)C. The van der Waals surface area contributed by atoms with Crippen LogP contribution in [0.5, 0.6) is 0 Å². The predicted molar refractivity (Wildman–Crippen MR) is 188 cm³/mol. The standard InChI is InChI=1S/C36H68O5Si2/c1-13-15-20-23-29(37)26-27-31-30(24-21-18-16-17-19-22-25-34(38)39-14-2)32(40-42(9,10)35(3,4)5)28-33(31)41-43(11,12)36(6,7)8/h18,21,26-27,30-33H,13-17,19-20,22-25,28H2,1-12H3/b21-18-,27-26+/t30-,31+,32-,33+/m0/s1. The van der Waals surface area contributed by atoms with Crippen molar-refractivity contribution in [2.75, 3.05) is 6.61 Å². The molecule has 1 rings (SSSR count). The number of esters is 1. The van der Waals surface area contributed by atoms with Crippen molar-refractivity contribution in [1.82, 2.24) is 0 Å². The van der Waals surface area contributed by atoms with Gasteiger partial charge in [-0.1, -0.05) is 86.0 Å². The number of ether oxygens (including phenoxy) is 1. The first-order chi connectivity index (χ1) is 19.9. The molecule has 0 aromatic rings. The molecule has 5 nitrogen and oxygen atoms in total. The first kappa shape index (κ1) is 40.0. The van der Waals surface area contributed by atoms with Gasteiger partial charge in [-0.15, -0.1) is 0 Å². The van der Waals surface area contributed by atoms with Gasteiger partial charge in [0.15, 0.2) is 22.4 Å². The van der Waals surface area contributed by atoms with E-state index in [4.69, 9.17) is 13.6 Å². The Bertz CT molecular complexity index is 894. The Labute approximate surface area is 268 Å². The molecular weight excluding hydrogens is 569 g/mol. The quantitative estimate of drug-likeness (QED) is 0.0464. The second-order valence-electron chi connectivity index (χ2n) is 15.7. The Balaban J connectivity index is 3.19. The molecule has 1 saturated carbocycles. The van der Waals surface area contributed by atoms with Crippen LogP contribution in [0.25, 0.3) is 0 Å². The third-order valence-electron chi connectivity index (χ3n) is 10.0. The van der Waals surface area contributed by atoms with Crippen LogP contribution < -0.4 is 0 Å². The molecule has 1 aliphatic carbocycles. The fraction of sp³-hybridized carbons (Fsp3) is 0.833. The van der Waals surface area contributed by atoms with E-state index in [1.54, 1.807) is 0 Å². The summed E-state index contributed by atoms with van der Waals surface area (Å²) in [5.74, 6) is 0.548. The van der Waals surface area contributed by atoms with Crippen LogP contribution in [0, 0.1) is 11.8 Å². The molecule has 250 valence electrons. The summed E-state index contributed by atoms with van der Waals surface area (Å²) in [4.78, 5) is 24.4. The number of hydrogen-bond donors (Lipinski definition) is 0. The first-order valence-electron chi connectivity index (χ1n) is 17.2. The first-order valence-corrected chi connectivity index (χ1v) is 23.0. The van der Waals surface area contributed by atoms with Gasteiger partial charge >= 0.3 is 5.97 Å². The number of carbonyl (C=O) groups is 2. The van der Waals surface area contributed by atoms with Gasteiger partial charge in [-0.05, 0) is 93.7 Å². The zero-order valence-corrected chi connectivity index (χ0v) is 32.1. The lowest BCUT2D eigenvalue weighted by molar-refractivity contribution is -0.143.